The van der Waals surface area contributed by atoms with Gasteiger partial charge < -0.3 is 16.0 Å². The molecule has 2 rings (SSSR count). The van der Waals surface area contributed by atoms with Gasteiger partial charge in [-0.2, -0.15) is 0 Å². The molecule has 3 unspecified atom stereocenters. The molecule has 19 heavy (non-hydrogen) atoms. The van der Waals surface area contributed by atoms with Gasteiger partial charge in [0.1, 0.15) is 0 Å². The number of carbonyl (C=O) groups excluding carboxylic acids is 1. The Kier molecular flexibility index (Phi) is 8.99. The third-order valence-electron chi connectivity index (χ3n) is 4.29. The SMILES string of the molecule is CCN1CCC(CNC(=O)C2CCCC2N)C1.Cl.Cl. The number of nitrogens with two attached hydrogens (primary N) is 1. The van der Waals surface area contributed by atoms with Gasteiger partial charge in [-0.1, -0.05) is 13.3 Å². The minimum absolute atomic E-state index is 0. The Hall–Kier alpha value is -0.0300. The van der Waals surface area contributed by atoms with E-state index < -0.39 is 0 Å². The lowest BCUT2D eigenvalue weighted by atomic mass is 10.0. The predicted molar refractivity (Wildman–Crippen MR) is 83.0 cm³/mol. The molecule has 1 aliphatic heterocycles. The first-order valence-corrected chi connectivity index (χ1v) is 6.96. The van der Waals surface area contributed by atoms with Crippen molar-refractivity contribution in [3.63, 3.8) is 0 Å². The highest BCUT2D eigenvalue weighted by atomic mass is 35.5. The van der Waals surface area contributed by atoms with E-state index >= 15 is 0 Å². The first-order valence-electron chi connectivity index (χ1n) is 6.96. The zero-order valence-corrected chi connectivity index (χ0v) is 13.3. The molecule has 1 saturated heterocycles. The van der Waals surface area contributed by atoms with E-state index in [1.54, 1.807) is 0 Å². The molecule has 1 amide bonds. The number of carbonyl (C=O) groups is 1. The Morgan fingerprint density at radius 3 is 2.58 bits per heavy atom. The molecule has 2 aliphatic rings. The molecule has 1 heterocycles. The number of hydrogen-bond acceptors (Lipinski definition) is 3. The quantitative estimate of drug-likeness (QED) is 0.825. The summed E-state index contributed by atoms with van der Waals surface area (Å²) in [5, 5.41) is 3.10. The van der Waals surface area contributed by atoms with E-state index in [2.05, 4.69) is 17.1 Å². The minimum Gasteiger partial charge on any atom is -0.355 e. The summed E-state index contributed by atoms with van der Waals surface area (Å²) in [7, 11) is 0. The van der Waals surface area contributed by atoms with Crippen LogP contribution in [-0.4, -0.2) is 43.0 Å². The van der Waals surface area contributed by atoms with Gasteiger partial charge in [0.05, 0.1) is 5.92 Å². The summed E-state index contributed by atoms with van der Waals surface area (Å²) < 4.78 is 0. The summed E-state index contributed by atoms with van der Waals surface area (Å²) in [6.45, 7) is 6.46. The molecule has 0 aromatic rings. The van der Waals surface area contributed by atoms with Crippen LogP contribution in [0.3, 0.4) is 0 Å². The zero-order valence-electron chi connectivity index (χ0n) is 11.6. The molecule has 0 bridgehead atoms. The maximum atomic E-state index is 12.0. The van der Waals surface area contributed by atoms with Crippen molar-refractivity contribution in [2.24, 2.45) is 17.6 Å². The summed E-state index contributed by atoms with van der Waals surface area (Å²) >= 11 is 0. The molecule has 4 nitrogen and oxygen atoms in total. The van der Waals surface area contributed by atoms with Crippen LogP contribution in [0.25, 0.3) is 0 Å². The molecule has 0 spiro atoms. The van der Waals surface area contributed by atoms with E-state index in [4.69, 9.17) is 5.73 Å². The molecule has 1 aliphatic carbocycles. The van der Waals surface area contributed by atoms with E-state index in [0.717, 1.165) is 38.9 Å². The summed E-state index contributed by atoms with van der Waals surface area (Å²) in [4.78, 5) is 14.4. The maximum absolute atomic E-state index is 12.0. The molecule has 0 aromatic carbocycles. The van der Waals surface area contributed by atoms with Crippen LogP contribution in [0.15, 0.2) is 0 Å². The van der Waals surface area contributed by atoms with Crippen LogP contribution >= 0.6 is 24.8 Å². The molecule has 3 N–H and O–H groups in total. The second-order valence-electron chi connectivity index (χ2n) is 5.49. The summed E-state index contributed by atoms with van der Waals surface area (Å²) in [6.07, 6.45) is 4.29. The van der Waals surface area contributed by atoms with Gasteiger partial charge in [0.15, 0.2) is 0 Å². The second-order valence-corrected chi connectivity index (χ2v) is 5.49. The Bertz CT molecular complexity index is 279. The molecular formula is C13H27Cl2N3O. The van der Waals surface area contributed by atoms with Gasteiger partial charge in [0, 0.05) is 19.1 Å². The second kappa shape index (κ2) is 9.01. The summed E-state index contributed by atoms with van der Waals surface area (Å²) in [5.41, 5.74) is 5.94. The van der Waals surface area contributed by atoms with Crippen molar-refractivity contribution < 1.29 is 4.79 Å². The number of hydrogen-bond donors (Lipinski definition) is 2. The molecule has 114 valence electrons. The summed E-state index contributed by atoms with van der Waals surface area (Å²) in [6, 6.07) is 0.0886. The normalized spacial score (nSPS) is 30.5. The van der Waals surface area contributed by atoms with E-state index in [9.17, 15) is 4.79 Å². The van der Waals surface area contributed by atoms with Crippen molar-refractivity contribution in [2.45, 2.75) is 38.6 Å². The third-order valence-corrected chi connectivity index (χ3v) is 4.29. The van der Waals surface area contributed by atoms with Gasteiger partial charge in [-0.3, -0.25) is 4.79 Å². The molecular weight excluding hydrogens is 285 g/mol. The number of nitrogens with one attached hydrogen (secondary N) is 1. The Balaban J connectivity index is 0.00000162. The maximum Gasteiger partial charge on any atom is 0.224 e. The lowest BCUT2D eigenvalue weighted by Crippen LogP contribution is -2.40. The van der Waals surface area contributed by atoms with Crippen molar-refractivity contribution in [2.75, 3.05) is 26.2 Å². The van der Waals surface area contributed by atoms with Gasteiger partial charge in [0.2, 0.25) is 5.91 Å². The fourth-order valence-electron chi connectivity index (χ4n) is 3.06. The number of nitrogens with zero attached hydrogens (tertiary/aromatic N) is 1. The number of rotatable bonds is 4. The highest BCUT2D eigenvalue weighted by molar-refractivity contribution is 5.85. The molecule has 0 radical (unpaired) electrons. The Labute approximate surface area is 128 Å². The van der Waals surface area contributed by atoms with Gasteiger partial charge in [0.25, 0.3) is 0 Å². The molecule has 0 aromatic heterocycles. The van der Waals surface area contributed by atoms with E-state index in [1.165, 1.54) is 13.0 Å². The highest BCUT2D eigenvalue weighted by Gasteiger charge is 2.30. The summed E-state index contributed by atoms with van der Waals surface area (Å²) in [5.74, 6) is 0.889. The van der Waals surface area contributed by atoms with Crippen molar-refractivity contribution in [3.05, 3.63) is 0 Å². The van der Waals surface area contributed by atoms with E-state index in [0.29, 0.717) is 5.92 Å². The monoisotopic (exact) mass is 311 g/mol. The standard InChI is InChI=1S/C13H25N3O.2ClH/c1-2-16-7-6-10(9-16)8-15-13(17)11-4-3-5-12(11)14;;/h10-12H,2-9,14H2,1H3,(H,15,17);2*1H. The number of amides is 1. The average Bonchev–Trinajstić information content (AvgIpc) is 2.94. The smallest absolute Gasteiger partial charge is 0.224 e. The van der Waals surface area contributed by atoms with Crippen LogP contribution in [0.4, 0.5) is 0 Å². The predicted octanol–water partition coefficient (Wildman–Crippen LogP) is 1.42. The van der Waals surface area contributed by atoms with Crippen LogP contribution in [0.2, 0.25) is 0 Å². The van der Waals surface area contributed by atoms with Gasteiger partial charge in [-0.05, 0) is 38.3 Å². The van der Waals surface area contributed by atoms with Crippen molar-refractivity contribution in [1.82, 2.24) is 10.2 Å². The topological polar surface area (TPSA) is 58.4 Å². The van der Waals surface area contributed by atoms with E-state index in [1.807, 2.05) is 0 Å². The van der Waals surface area contributed by atoms with Gasteiger partial charge in [-0.25, -0.2) is 0 Å². The highest BCUT2D eigenvalue weighted by Crippen LogP contribution is 2.24. The molecule has 6 heteroatoms. The molecule has 3 atom stereocenters. The van der Waals surface area contributed by atoms with E-state index in [-0.39, 0.29) is 42.7 Å². The zero-order chi connectivity index (χ0) is 12.3. The van der Waals surface area contributed by atoms with Crippen LogP contribution in [0, 0.1) is 11.8 Å². The number of halogens is 2. The average molecular weight is 312 g/mol. The van der Waals surface area contributed by atoms with Gasteiger partial charge in [-0.15, -0.1) is 24.8 Å². The first kappa shape index (κ1) is 19.0. The lowest BCUT2D eigenvalue weighted by Gasteiger charge is -2.17. The molecule has 1 saturated carbocycles. The fourth-order valence-corrected chi connectivity index (χ4v) is 3.06. The molecule has 2 fully saturated rings. The third kappa shape index (κ3) is 5.10. The number of likely N-dealkylation sites (tertiary alicyclic amines) is 1. The lowest BCUT2D eigenvalue weighted by molar-refractivity contribution is -0.125. The van der Waals surface area contributed by atoms with Crippen molar-refractivity contribution in [1.29, 1.82) is 0 Å². The first-order chi connectivity index (χ1) is 8.20. The van der Waals surface area contributed by atoms with Crippen molar-refractivity contribution >= 4 is 30.7 Å². The Morgan fingerprint density at radius 2 is 2.05 bits per heavy atom. The van der Waals surface area contributed by atoms with Crippen LogP contribution < -0.4 is 11.1 Å². The Morgan fingerprint density at radius 1 is 1.32 bits per heavy atom. The van der Waals surface area contributed by atoms with Crippen LogP contribution in [0.1, 0.15) is 32.6 Å². The van der Waals surface area contributed by atoms with Crippen LogP contribution in [-0.2, 0) is 4.79 Å². The fraction of sp³-hybridized carbons (Fsp3) is 0.923. The van der Waals surface area contributed by atoms with Gasteiger partial charge >= 0.3 is 0 Å². The largest absolute Gasteiger partial charge is 0.355 e. The minimum atomic E-state index is 0. The van der Waals surface area contributed by atoms with Crippen LogP contribution in [0.5, 0.6) is 0 Å². The van der Waals surface area contributed by atoms with Crippen molar-refractivity contribution in [3.8, 4) is 0 Å².